The highest BCUT2D eigenvalue weighted by atomic mass is 35.5. The minimum absolute atomic E-state index is 0.141. The van der Waals surface area contributed by atoms with E-state index in [4.69, 9.17) is 16.3 Å². The van der Waals surface area contributed by atoms with Crippen LogP contribution in [0.15, 0.2) is 0 Å². The van der Waals surface area contributed by atoms with Crippen molar-refractivity contribution < 1.29 is 4.74 Å². The molecule has 0 N–H and O–H groups in total. The van der Waals surface area contributed by atoms with Crippen molar-refractivity contribution in [2.45, 2.75) is 46.1 Å². The van der Waals surface area contributed by atoms with Gasteiger partial charge in [-0.05, 0) is 42.2 Å². The van der Waals surface area contributed by atoms with E-state index in [-0.39, 0.29) is 11.4 Å². The number of aromatic nitrogens is 3. The third-order valence-corrected chi connectivity index (χ3v) is 3.76. The fraction of sp³-hybridized carbons (Fsp3) is 0.786. The zero-order chi connectivity index (χ0) is 14.9. The lowest BCUT2D eigenvalue weighted by atomic mass is 9.71. The van der Waals surface area contributed by atoms with E-state index in [9.17, 15) is 0 Å². The Labute approximate surface area is 125 Å². The molecular formula is C14H23ClN4O. The van der Waals surface area contributed by atoms with Crippen LogP contribution in [0.5, 0.6) is 6.01 Å². The quantitative estimate of drug-likeness (QED) is 0.858. The van der Waals surface area contributed by atoms with Gasteiger partial charge in [0.1, 0.15) is 6.10 Å². The molecule has 2 rings (SSSR count). The fourth-order valence-corrected chi connectivity index (χ4v) is 3.22. The van der Waals surface area contributed by atoms with Gasteiger partial charge in [-0.15, -0.1) is 0 Å². The summed E-state index contributed by atoms with van der Waals surface area (Å²) in [5.74, 6) is 1.16. The monoisotopic (exact) mass is 298 g/mol. The Kier molecular flexibility index (Phi) is 4.37. The van der Waals surface area contributed by atoms with Gasteiger partial charge in [-0.2, -0.15) is 15.0 Å². The first-order chi connectivity index (χ1) is 9.25. The molecule has 1 aliphatic rings. The summed E-state index contributed by atoms with van der Waals surface area (Å²) >= 11 is 5.93. The summed E-state index contributed by atoms with van der Waals surface area (Å²) in [5.41, 5.74) is 0.295. The second-order valence-corrected chi connectivity index (χ2v) is 7.07. The molecule has 5 nitrogen and oxygen atoms in total. The lowest BCUT2D eigenvalue weighted by Gasteiger charge is -2.38. The molecule has 1 heterocycles. The maximum Gasteiger partial charge on any atom is 0.322 e. The first-order valence-corrected chi connectivity index (χ1v) is 7.38. The highest BCUT2D eigenvalue weighted by Gasteiger charge is 2.33. The van der Waals surface area contributed by atoms with Gasteiger partial charge >= 0.3 is 6.01 Å². The predicted octanol–water partition coefficient (Wildman–Crippen LogP) is 3.18. The van der Waals surface area contributed by atoms with Crippen molar-refractivity contribution in [3.05, 3.63) is 5.28 Å². The molecule has 0 amide bonds. The molecule has 0 spiro atoms. The number of hydrogen-bond donors (Lipinski definition) is 0. The smallest absolute Gasteiger partial charge is 0.322 e. The molecule has 0 aromatic carbocycles. The zero-order valence-electron chi connectivity index (χ0n) is 12.9. The van der Waals surface area contributed by atoms with Gasteiger partial charge in [0, 0.05) is 14.1 Å². The lowest BCUT2D eigenvalue weighted by molar-refractivity contribution is 0.0499. The van der Waals surface area contributed by atoms with Gasteiger partial charge in [-0.25, -0.2) is 0 Å². The molecule has 6 heteroatoms. The Balaban J connectivity index is 2.13. The Morgan fingerprint density at radius 1 is 1.20 bits per heavy atom. The van der Waals surface area contributed by atoms with Gasteiger partial charge < -0.3 is 9.64 Å². The predicted molar refractivity (Wildman–Crippen MR) is 80.4 cm³/mol. The third-order valence-electron chi connectivity index (χ3n) is 3.59. The first-order valence-electron chi connectivity index (χ1n) is 7.01. The Bertz CT molecular complexity index is 478. The van der Waals surface area contributed by atoms with Crippen LogP contribution in [0.25, 0.3) is 0 Å². The number of halogens is 1. The van der Waals surface area contributed by atoms with Crippen LogP contribution in [0, 0.1) is 11.3 Å². The van der Waals surface area contributed by atoms with Gasteiger partial charge in [0.05, 0.1) is 0 Å². The van der Waals surface area contributed by atoms with Crippen molar-refractivity contribution in [1.29, 1.82) is 0 Å². The topological polar surface area (TPSA) is 51.1 Å². The largest absolute Gasteiger partial charge is 0.460 e. The molecule has 112 valence electrons. The SMILES string of the molecule is CC1CC(Oc2nc(Cl)nc(N(C)C)n2)CC(C)(C)C1. The van der Waals surface area contributed by atoms with Gasteiger partial charge in [0.25, 0.3) is 0 Å². The maximum absolute atomic E-state index is 5.96. The molecule has 1 saturated carbocycles. The van der Waals surface area contributed by atoms with E-state index in [0.29, 0.717) is 23.3 Å². The average Bonchev–Trinajstić information content (AvgIpc) is 2.24. The second kappa shape index (κ2) is 5.72. The number of anilines is 1. The molecule has 20 heavy (non-hydrogen) atoms. The number of nitrogens with zero attached hydrogens (tertiary/aromatic N) is 4. The minimum atomic E-state index is 0.141. The van der Waals surface area contributed by atoms with E-state index in [1.807, 2.05) is 14.1 Å². The minimum Gasteiger partial charge on any atom is -0.460 e. The van der Waals surface area contributed by atoms with Crippen LogP contribution in [0.3, 0.4) is 0 Å². The fourth-order valence-electron chi connectivity index (χ4n) is 3.07. The molecule has 0 radical (unpaired) electrons. The molecule has 1 aromatic heterocycles. The van der Waals surface area contributed by atoms with Crippen molar-refractivity contribution in [2.75, 3.05) is 19.0 Å². The number of hydrogen-bond acceptors (Lipinski definition) is 5. The Hall–Kier alpha value is -1.10. The van der Waals surface area contributed by atoms with E-state index >= 15 is 0 Å². The van der Waals surface area contributed by atoms with Crippen LogP contribution in [-0.4, -0.2) is 35.2 Å². The van der Waals surface area contributed by atoms with E-state index in [1.54, 1.807) is 4.90 Å². The molecule has 1 fully saturated rings. The van der Waals surface area contributed by atoms with Crippen molar-refractivity contribution in [2.24, 2.45) is 11.3 Å². The van der Waals surface area contributed by atoms with Crippen LogP contribution < -0.4 is 9.64 Å². The summed E-state index contributed by atoms with van der Waals surface area (Å²) in [5, 5.41) is 0.168. The lowest BCUT2D eigenvalue weighted by Crippen LogP contribution is -2.34. The summed E-state index contributed by atoms with van der Waals surface area (Å²) in [6.07, 6.45) is 3.41. The summed E-state index contributed by atoms with van der Waals surface area (Å²) in [4.78, 5) is 14.2. The molecule has 1 aromatic rings. The highest BCUT2D eigenvalue weighted by Crippen LogP contribution is 2.39. The number of ether oxygens (including phenoxy) is 1. The third kappa shape index (κ3) is 3.95. The van der Waals surface area contributed by atoms with E-state index in [2.05, 4.69) is 35.7 Å². The molecule has 2 atom stereocenters. The van der Waals surface area contributed by atoms with E-state index in [0.717, 1.165) is 12.8 Å². The molecule has 2 unspecified atom stereocenters. The Morgan fingerprint density at radius 3 is 2.50 bits per heavy atom. The van der Waals surface area contributed by atoms with Gasteiger partial charge in [0.15, 0.2) is 0 Å². The summed E-state index contributed by atoms with van der Waals surface area (Å²) in [6.45, 7) is 6.83. The van der Waals surface area contributed by atoms with Crippen LogP contribution in [0.4, 0.5) is 5.95 Å². The molecule has 0 bridgehead atoms. The van der Waals surface area contributed by atoms with Crippen molar-refractivity contribution in [3.63, 3.8) is 0 Å². The summed E-state index contributed by atoms with van der Waals surface area (Å²) in [7, 11) is 3.72. The summed E-state index contributed by atoms with van der Waals surface area (Å²) in [6, 6.07) is 0.323. The first kappa shape index (κ1) is 15.3. The number of rotatable bonds is 3. The normalized spacial score (nSPS) is 25.3. The average molecular weight is 299 g/mol. The van der Waals surface area contributed by atoms with Crippen LogP contribution in [0.2, 0.25) is 5.28 Å². The zero-order valence-corrected chi connectivity index (χ0v) is 13.6. The molecule has 0 aliphatic heterocycles. The van der Waals surface area contributed by atoms with Crippen LogP contribution in [-0.2, 0) is 0 Å². The van der Waals surface area contributed by atoms with Gasteiger partial charge in [0.2, 0.25) is 11.2 Å². The molecular weight excluding hydrogens is 276 g/mol. The van der Waals surface area contributed by atoms with Crippen molar-refractivity contribution in [3.8, 4) is 6.01 Å². The van der Waals surface area contributed by atoms with Gasteiger partial charge in [-0.3, -0.25) is 0 Å². The maximum atomic E-state index is 5.96. The van der Waals surface area contributed by atoms with Crippen molar-refractivity contribution >= 4 is 17.5 Å². The second-order valence-electron chi connectivity index (χ2n) is 6.73. The van der Waals surface area contributed by atoms with Crippen LogP contribution in [0.1, 0.15) is 40.0 Å². The Morgan fingerprint density at radius 2 is 1.90 bits per heavy atom. The summed E-state index contributed by atoms with van der Waals surface area (Å²) < 4.78 is 5.96. The van der Waals surface area contributed by atoms with Gasteiger partial charge in [-0.1, -0.05) is 20.8 Å². The van der Waals surface area contributed by atoms with Crippen molar-refractivity contribution in [1.82, 2.24) is 15.0 Å². The van der Waals surface area contributed by atoms with E-state index in [1.165, 1.54) is 6.42 Å². The van der Waals surface area contributed by atoms with E-state index < -0.39 is 0 Å². The molecule has 0 saturated heterocycles. The van der Waals surface area contributed by atoms with Crippen LogP contribution >= 0.6 is 11.6 Å². The highest BCUT2D eigenvalue weighted by molar-refractivity contribution is 6.28. The standard InChI is InChI=1S/C14H23ClN4O/c1-9-6-10(8-14(2,3)7-9)20-13-17-11(15)16-12(18-13)19(4)5/h9-10H,6-8H2,1-5H3. The molecule has 1 aliphatic carbocycles.